The molecule has 0 spiro atoms. The van der Waals surface area contributed by atoms with Crippen molar-refractivity contribution < 1.29 is 28.7 Å². The van der Waals surface area contributed by atoms with Crippen molar-refractivity contribution in [1.29, 1.82) is 0 Å². The number of anilines is 1. The third kappa shape index (κ3) is 3.49. The summed E-state index contributed by atoms with van der Waals surface area (Å²) in [5, 5.41) is 4.54. The van der Waals surface area contributed by atoms with Crippen LogP contribution in [0.15, 0.2) is 24.3 Å². The van der Waals surface area contributed by atoms with Crippen LogP contribution in [0.25, 0.3) is 0 Å². The average molecular weight is 416 g/mol. The number of carbonyl (C=O) groups excluding carboxylic acids is 5. The van der Waals surface area contributed by atoms with E-state index in [0.29, 0.717) is 11.3 Å². The molecule has 160 valence electrons. The zero-order chi connectivity index (χ0) is 22.1. The van der Waals surface area contributed by atoms with Crippen LogP contribution in [-0.2, 0) is 19.1 Å². The van der Waals surface area contributed by atoms with Gasteiger partial charge in [0.1, 0.15) is 0 Å². The first-order chi connectivity index (χ1) is 14.2. The topological polar surface area (TPSA) is 125 Å². The fraction of sp³-hybridized carbons (Fsp3) is 0.450. The van der Waals surface area contributed by atoms with Crippen molar-refractivity contribution in [2.24, 2.45) is 0 Å². The molecule has 5 amide bonds. The summed E-state index contributed by atoms with van der Waals surface area (Å²) < 4.78 is 5.18. The van der Waals surface area contributed by atoms with Gasteiger partial charge in [-0.15, -0.1) is 0 Å². The molecule has 10 heteroatoms. The van der Waals surface area contributed by atoms with E-state index >= 15 is 0 Å². The van der Waals surface area contributed by atoms with Crippen molar-refractivity contribution in [1.82, 2.24) is 15.5 Å². The molecular weight excluding hydrogens is 392 g/mol. The van der Waals surface area contributed by atoms with Gasteiger partial charge in [0.25, 0.3) is 11.8 Å². The molecule has 2 heterocycles. The van der Waals surface area contributed by atoms with Gasteiger partial charge in [-0.25, -0.2) is 9.59 Å². The molecular formula is C20H24N4O6. The number of hydrogen-bond acceptors (Lipinski definition) is 6. The molecule has 0 saturated carbocycles. The standard InChI is InChI=1S/C20H24N4O6/c1-4-23-17(27)13-7-5-6-8-14(13)24-16(26)9-10-20(23,24)18(28)30-11-15(25)22-19(29)21-12(2)3/h5-8,12H,4,9-11H2,1-3H3,(H2,21,22,25,29)/t20-/m0/s1. The third-order valence-corrected chi connectivity index (χ3v) is 5.02. The summed E-state index contributed by atoms with van der Waals surface area (Å²) in [7, 11) is 0. The second kappa shape index (κ2) is 8.13. The molecule has 0 radical (unpaired) electrons. The first-order valence-electron chi connectivity index (χ1n) is 9.74. The number of carbonyl (C=O) groups is 5. The van der Waals surface area contributed by atoms with E-state index in [9.17, 15) is 24.0 Å². The summed E-state index contributed by atoms with van der Waals surface area (Å²) in [4.78, 5) is 65.1. The maximum atomic E-state index is 13.1. The molecule has 1 saturated heterocycles. The highest BCUT2D eigenvalue weighted by atomic mass is 16.5. The molecule has 0 bridgehead atoms. The highest BCUT2D eigenvalue weighted by Crippen LogP contribution is 2.44. The van der Waals surface area contributed by atoms with Crippen molar-refractivity contribution in [2.75, 3.05) is 18.1 Å². The molecule has 3 rings (SSSR count). The smallest absolute Gasteiger partial charge is 0.354 e. The van der Waals surface area contributed by atoms with Gasteiger partial charge < -0.3 is 15.0 Å². The number of hydrogen-bond donors (Lipinski definition) is 2. The van der Waals surface area contributed by atoms with Gasteiger partial charge in [0.05, 0.1) is 11.3 Å². The van der Waals surface area contributed by atoms with Crippen molar-refractivity contribution in [3.63, 3.8) is 0 Å². The number of urea groups is 1. The highest BCUT2D eigenvalue weighted by molar-refractivity contribution is 6.15. The maximum Gasteiger partial charge on any atom is 0.354 e. The molecule has 2 aliphatic rings. The molecule has 0 aliphatic carbocycles. The number of imide groups is 1. The summed E-state index contributed by atoms with van der Waals surface area (Å²) in [6.07, 6.45) is 0.101. The molecule has 0 aromatic heterocycles. The van der Waals surface area contributed by atoms with Crippen LogP contribution in [0.3, 0.4) is 0 Å². The number of fused-ring (bicyclic) bond motifs is 3. The summed E-state index contributed by atoms with van der Waals surface area (Å²) in [6.45, 7) is 4.60. The van der Waals surface area contributed by atoms with Crippen LogP contribution in [0.4, 0.5) is 10.5 Å². The van der Waals surface area contributed by atoms with Crippen molar-refractivity contribution in [3.05, 3.63) is 29.8 Å². The van der Waals surface area contributed by atoms with Gasteiger partial charge in [0.2, 0.25) is 11.6 Å². The molecule has 1 aromatic rings. The SMILES string of the molecule is CCN1C(=O)c2ccccc2N2C(=O)CC[C@]12C(=O)OCC(=O)NC(=O)NC(C)C. The van der Waals surface area contributed by atoms with Gasteiger partial charge >= 0.3 is 12.0 Å². The van der Waals surface area contributed by atoms with E-state index in [-0.39, 0.29) is 31.3 Å². The lowest BCUT2D eigenvalue weighted by molar-refractivity contribution is -0.159. The van der Waals surface area contributed by atoms with Crippen molar-refractivity contribution in [2.45, 2.75) is 45.3 Å². The number of para-hydroxylation sites is 1. The van der Waals surface area contributed by atoms with Crippen LogP contribution in [0.5, 0.6) is 0 Å². The van der Waals surface area contributed by atoms with Gasteiger partial charge in [-0.2, -0.15) is 0 Å². The Bertz CT molecular complexity index is 914. The molecule has 1 fully saturated rings. The minimum atomic E-state index is -1.66. The zero-order valence-electron chi connectivity index (χ0n) is 17.1. The number of amides is 5. The number of esters is 1. The van der Waals surface area contributed by atoms with E-state index in [1.807, 2.05) is 0 Å². The van der Waals surface area contributed by atoms with E-state index in [1.165, 1.54) is 9.80 Å². The molecule has 1 atom stereocenters. The normalized spacial score (nSPS) is 20.0. The lowest BCUT2D eigenvalue weighted by atomic mass is 9.96. The highest BCUT2D eigenvalue weighted by Gasteiger charge is 2.61. The molecule has 1 aromatic carbocycles. The Morgan fingerprint density at radius 3 is 2.57 bits per heavy atom. The minimum Gasteiger partial charge on any atom is -0.452 e. The Labute approximate surface area is 173 Å². The van der Waals surface area contributed by atoms with Crippen LogP contribution in [0, 0.1) is 0 Å². The lowest BCUT2D eigenvalue weighted by Gasteiger charge is -2.47. The van der Waals surface area contributed by atoms with Crippen LogP contribution in [-0.4, -0.2) is 59.5 Å². The quantitative estimate of drug-likeness (QED) is 0.683. The van der Waals surface area contributed by atoms with Crippen LogP contribution < -0.4 is 15.5 Å². The molecule has 10 nitrogen and oxygen atoms in total. The lowest BCUT2D eigenvalue weighted by Crippen LogP contribution is -2.68. The summed E-state index contributed by atoms with van der Waals surface area (Å²) in [5.41, 5.74) is -0.994. The number of nitrogens with one attached hydrogen (secondary N) is 2. The zero-order valence-corrected chi connectivity index (χ0v) is 17.1. The van der Waals surface area contributed by atoms with Crippen LogP contribution >= 0.6 is 0 Å². The van der Waals surface area contributed by atoms with E-state index in [4.69, 9.17) is 4.74 Å². The van der Waals surface area contributed by atoms with Crippen molar-refractivity contribution in [3.8, 4) is 0 Å². The fourth-order valence-electron chi connectivity index (χ4n) is 3.88. The largest absolute Gasteiger partial charge is 0.452 e. The van der Waals surface area contributed by atoms with Gasteiger partial charge in [-0.1, -0.05) is 12.1 Å². The van der Waals surface area contributed by atoms with Gasteiger partial charge in [-0.05, 0) is 32.9 Å². The molecule has 2 N–H and O–H groups in total. The Balaban J connectivity index is 1.84. The first-order valence-corrected chi connectivity index (χ1v) is 9.74. The second-order valence-electron chi connectivity index (χ2n) is 7.36. The van der Waals surface area contributed by atoms with Crippen LogP contribution in [0.1, 0.15) is 44.0 Å². The van der Waals surface area contributed by atoms with Gasteiger partial charge in [0, 0.05) is 25.4 Å². The van der Waals surface area contributed by atoms with E-state index in [1.54, 1.807) is 45.0 Å². The van der Waals surface area contributed by atoms with Crippen LogP contribution in [0.2, 0.25) is 0 Å². The summed E-state index contributed by atoms with van der Waals surface area (Å²) in [6, 6.07) is 5.68. The van der Waals surface area contributed by atoms with E-state index < -0.39 is 36.1 Å². The fourth-order valence-corrected chi connectivity index (χ4v) is 3.88. The van der Waals surface area contributed by atoms with E-state index in [2.05, 4.69) is 10.6 Å². The Morgan fingerprint density at radius 1 is 1.20 bits per heavy atom. The Kier molecular flexibility index (Phi) is 5.77. The maximum absolute atomic E-state index is 13.1. The van der Waals surface area contributed by atoms with Crippen molar-refractivity contribution >= 4 is 35.4 Å². The third-order valence-electron chi connectivity index (χ3n) is 5.02. The first kappa shape index (κ1) is 21.3. The number of nitrogens with zero attached hydrogens (tertiary/aromatic N) is 2. The molecule has 30 heavy (non-hydrogen) atoms. The monoisotopic (exact) mass is 416 g/mol. The van der Waals surface area contributed by atoms with E-state index in [0.717, 1.165) is 0 Å². The summed E-state index contributed by atoms with van der Waals surface area (Å²) >= 11 is 0. The Morgan fingerprint density at radius 2 is 1.90 bits per heavy atom. The second-order valence-corrected chi connectivity index (χ2v) is 7.36. The molecule has 0 unspecified atom stereocenters. The number of ether oxygens (including phenoxy) is 1. The molecule has 2 aliphatic heterocycles. The van der Waals surface area contributed by atoms with Gasteiger partial charge in [-0.3, -0.25) is 24.6 Å². The Hall–Kier alpha value is -3.43. The average Bonchev–Trinajstić information content (AvgIpc) is 3.04. The summed E-state index contributed by atoms with van der Waals surface area (Å²) in [5.74, 6) is -2.42. The van der Waals surface area contributed by atoms with Gasteiger partial charge in [0.15, 0.2) is 6.61 Å². The minimum absolute atomic E-state index is 0.0496. The number of rotatable bonds is 5. The number of benzene rings is 1. The predicted molar refractivity (Wildman–Crippen MR) is 105 cm³/mol. The predicted octanol–water partition coefficient (Wildman–Crippen LogP) is 0.763. The number of likely N-dealkylation sites (N-methyl/N-ethyl adjacent to an activating group) is 1.